The first-order valence-corrected chi connectivity index (χ1v) is 7.43. The highest BCUT2D eigenvalue weighted by molar-refractivity contribution is 6.32. The van der Waals surface area contributed by atoms with E-state index in [9.17, 15) is 4.79 Å². The number of para-hydroxylation sites is 1. The molecule has 3 rings (SSSR count). The van der Waals surface area contributed by atoms with Crippen LogP contribution in [-0.4, -0.2) is 13.1 Å². The van der Waals surface area contributed by atoms with E-state index >= 15 is 0 Å². The van der Waals surface area contributed by atoms with Gasteiger partial charge in [-0.15, -0.1) is 0 Å². The van der Waals surface area contributed by atoms with E-state index in [4.69, 9.17) is 30.8 Å². The lowest BCUT2D eigenvalue weighted by Gasteiger charge is -2.06. The lowest BCUT2D eigenvalue weighted by Crippen LogP contribution is -2.10. The number of methoxy groups -OCH3 is 1. The number of fused-ring (bicyclic) bond motifs is 1. The molecule has 6 heteroatoms. The average Bonchev–Trinajstić information content (AvgIpc) is 2.96. The Morgan fingerprint density at radius 2 is 2.08 bits per heavy atom. The van der Waals surface area contributed by atoms with Crippen molar-refractivity contribution in [3.63, 3.8) is 0 Å². The van der Waals surface area contributed by atoms with Gasteiger partial charge in [-0.1, -0.05) is 29.8 Å². The number of benzene rings is 2. The number of hydrogen-bond acceptors (Lipinski definition) is 5. The van der Waals surface area contributed by atoms with E-state index in [-0.39, 0.29) is 23.1 Å². The summed E-state index contributed by atoms with van der Waals surface area (Å²) in [5, 5.41) is 9.81. The third kappa shape index (κ3) is 2.98. The van der Waals surface area contributed by atoms with Crippen LogP contribution in [0.25, 0.3) is 11.0 Å². The normalized spacial score (nSPS) is 10.5. The molecular weight excluding hydrogens is 330 g/mol. The summed E-state index contributed by atoms with van der Waals surface area (Å²) in [6.45, 7) is 0.211. The number of nitrogens with zero attached hydrogens (tertiary/aromatic N) is 1. The molecule has 24 heavy (non-hydrogen) atoms. The standard InChI is InChI=1S/C18H12ClNO4/c1-22-10-13-12-4-2-3-5-15(12)23-17(13)18(21)24-16-7-6-11(9-20)8-14(16)19/h2-8H,10H2,1H3. The second-order valence-electron chi connectivity index (χ2n) is 4.99. The van der Waals surface area contributed by atoms with Crippen LogP contribution in [0.2, 0.25) is 5.02 Å². The van der Waals surface area contributed by atoms with Crippen LogP contribution < -0.4 is 4.74 Å². The average molecular weight is 342 g/mol. The molecule has 0 unspecified atom stereocenters. The van der Waals surface area contributed by atoms with Crippen molar-refractivity contribution in [1.29, 1.82) is 5.26 Å². The highest BCUT2D eigenvalue weighted by Crippen LogP contribution is 2.30. The third-order valence-corrected chi connectivity index (χ3v) is 3.73. The molecule has 1 aromatic heterocycles. The van der Waals surface area contributed by atoms with Crippen LogP contribution in [0.3, 0.4) is 0 Å². The molecule has 0 aliphatic heterocycles. The van der Waals surface area contributed by atoms with Gasteiger partial charge in [0.05, 0.1) is 23.3 Å². The lowest BCUT2D eigenvalue weighted by molar-refractivity contribution is 0.0697. The zero-order chi connectivity index (χ0) is 17.1. The zero-order valence-corrected chi connectivity index (χ0v) is 13.5. The Balaban J connectivity index is 1.97. The minimum absolute atomic E-state index is 0.0680. The first-order valence-electron chi connectivity index (χ1n) is 7.05. The highest BCUT2D eigenvalue weighted by Gasteiger charge is 2.23. The van der Waals surface area contributed by atoms with Crippen molar-refractivity contribution in [3.8, 4) is 11.8 Å². The maximum Gasteiger partial charge on any atom is 0.380 e. The number of rotatable bonds is 4. The fraction of sp³-hybridized carbons (Fsp3) is 0.111. The topological polar surface area (TPSA) is 72.5 Å². The number of carbonyl (C=O) groups is 1. The Bertz CT molecular complexity index is 955. The van der Waals surface area contributed by atoms with Crippen molar-refractivity contribution < 1.29 is 18.7 Å². The molecule has 0 atom stereocenters. The quantitative estimate of drug-likeness (QED) is 0.522. The third-order valence-electron chi connectivity index (χ3n) is 3.44. The van der Waals surface area contributed by atoms with Crippen LogP contribution in [0.4, 0.5) is 0 Å². The number of hydrogen-bond donors (Lipinski definition) is 0. The summed E-state index contributed by atoms with van der Waals surface area (Å²) >= 11 is 6.04. The summed E-state index contributed by atoms with van der Waals surface area (Å²) in [5.74, 6) is -0.451. The van der Waals surface area contributed by atoms with Gasteiger partial charge in [0.2, 0.25) is 5.76 Å². The number of carbonyl (C=O) groups excluding carboxylic acids is 1. The van der Waals surface area contributed by atoms with Gasteiger partial charge in [-0.2, -0.15) is 5.26 Å². The summed E-state index contributed by atoms with van der Waals surface area (Å²) in [4.78, 5) is 12.5. The Morgan fingerprint density at radius 1 is 1.29 bits per heavy atom. The van der Waals surface area contributed by atoms with Gasteiger partial charge in [-0.25, -0.2) is 4.79 Å². The van der Waals surface area contributed by atoms with Crippen LogP contribution in [0.5, 0.6) is 5.75 Å². The van der Waals surface area contributed by atoms with Crippen molar-refractivity contribution in [2.24, 2.45) is 0 Å². The second-order valence-corrected chi connectivity index (χ2v) is 5.39. The summed E-state index contributed by atoms with van der Waals surface area (Å²) in [6.07, 6.45) is 0. The van der Waals surface area contributed by atoms with Crippen LogP contribution in [0, 0.1) is 11.3 Å². The Morgan fingerprint density at radius 3 is 2.79 bits per heavy atom. The molecule has 0 saturated heterocycles. The largest absolute Gasteiger partial charge is 0.449 e. The molecule has 120 valence electrons. The van der Waals surface area contributed by atoms with Crippen molar-refractivity contribution >= 4 is 28.5 Å². The predicted molar refractivity (Wildman–Crippen MR) is 88.1 cm³/mol. The van der Waals surface area contributed by atoms with Gasteiger partial charge in [0.25, 0.3) is 0 Å². The van der Waals surface area contributed by atoms with Crippen LogP contribution >= 0.6 is 11.6 Å². The maximum absolute atomic E-state index is 12.5. The minimum Gasteiger partial charge on any atom is -0.449 e. The van der Waals surface area contributed by atoms with E-state index in [1.807, 2.05) is 24.3 Å². The summed E-state index contributed by atoms with van der Waals surface area (Å²) in [6, 6.07) is 13.7. The Kier molecular flexibility index (Phi) is 4.52. The summed E-state index contributed by atoms with van der Waals surface area (Å²) in [7, 11) is 1.54. The molecule has 2 aromatic carbocycles. The Labute approximate surface area is 143 Å². The monoisotopic (exact) mass is 341 g/mol. The molecular formula is C18H12ClNO4. The highest BCUT2D eigenvalue weighted by atomic mass is 35.5. The summed E-state index contributed by atoms with van der Waals surface area (Å²) < 4.78 is 16.1. The molecule has 0 saturated carbocycles. The van der Waals surface area contributed by atoms with E-state index in [0.717, 1.165) is 5.39 Å². The maximum atomic E-state index is 12.5. The first-order chi connectivity index (χ1) is 11.6. The number of furan rings is 1. The fourth-order valence-corrected chi connectivity index (χ4v) is 2.57. The van der Waals surface area contributed by atoms with Crippen molar-refractivity contribution in [2.75, 3.05) is 7.11 Å². The van der Waals surface area contributed by atoms with E-state index in [2.05, 4.69) is 0 Å². The molecule has 0 amide bonds. The molecule has 0 aliphatic carbocycles. The minimum atomic E-state index is -0.676. The zero-order valence-electron chi connectivity index (χ0n) is 12.7. The van der Waals surface area contributed by atoms with E-state index < -0.39 is 5.97 Å². The molecule has 5 nitrogen and oxygen atoms in total. The van der Waals surface area contributed by atoms with E-state index in [0.29, 0.717) is 16.7 Å². The molecule has 3 aromatic rings. The first kappa shape index (κ1) is 16.1. The lowest BCUT2D eigenvalue weighted by atomic mass is 10.1. The molecule has 0 fully saturated rings. The van der Waals surface area contributed by atoms with Crippen LogP contribution in [-0.2, 0) is 11.3 Å². The molecule has 0 spiro atoms. The molecule has 0 N–H and O–H groups in total. The van der Waals surface area contributed by atoms with Gasteiger partial charge in [0, 0.05) is 18.1 Å². The van der Waals surface area contributed by atoms with E-state index in [1.54, 1.807) is 6.07 Å². The van der Waals surface area contributed by atoms with Gasteiger partial charge in [0.15, 0.2) is 0 Å². The van der Waals surface area contributed by atoms with E-state index in [1.165, 1.54) is 25.3 Å². The smallest absolute Gasteiger partial charge is 0.380 e. The molecule has 0 radical (unpaired) electrons. The molecule has 0 aliphatic rings. The number of nitriles is 1. The second kappa shape index (κ2) is 6.75. The SMILES string of the molecule is COCc1c(C(=O)Oc2ccc(C#N)cc2Cl)oc2ccccc12. The predicted octanol–water partition coefficient (Wildman–Crippen LogP) is 4.32. The number of halogens is 1. The summed E-state index contributed by atoms with van der Waals surface area (Å²) in [5.41, 5.74) is 1.56. The van der Waals surface area contributed by atoms with Crippen molar-refractivity contribution in [1.82, 2.24) is 0 Å². The van der Waals surface area contributed by atoms with Crippen molar-refractivity contribution in [3.05, 3.63) is 64.4 Å². The fourth-order valence-electron chi connectivity index (χ4n) is 2.35. The number of esters is 1. The van der Waals surface area contributed by atoms with Gasteiger partial charge in [0.1, 0.15) is 11.3 Å². The molecule has 1 heterocycles. The van der Waals surface area contributed by atoms with Gasteiger partial charge >= 0.3 is 5.97 Å². The molecule has 0 bridgehead atoms. The van der Waals surface area contributed by atoms with Crippen molar-refractivity contribution in [2.45, 2.75) is 6.61 Å². The van der Waals surface area contributed by atoms with Gasteiger partial charge < -0.3 is 13.9 Å². The number of ether oxygens (including phenoxy) is 2. The van der Waals surface area contributed by atoms with Crippen LogP contribution in [0.15, 0.2) is 46.9 Å². The Hall–Kier alpha value is -2.81. The van der Waals surface area contributed by atoms with Crippen LogP contribution in [0.1, 0.15) is 21.7 Å². The van der Waals surface area contributed by atoms with Gasteiger partial charge in [-0.3, -0.25) is 0 Å². The van der Waals surface area contributed by atoms with Gasteiger partial charge in [-0.05, 0) is 24.3 Å².